The fourth-order valence-corrected chi connectivity index (χ4v) is 0.800. The Kier molecular flexibility index (Phi) is 10.0. The summed E-state index contributed by atoms with van der Waals surface area (Å²) in [6, 6.07) is 0. The van der Waals surface area contributed by atoms with Crippen LogP contribution in [0, 0.1) is 0 Å². The molecule has 0 aliphatic carbocycles. The number of esters is 1. The molecule has 0 radical (unpaired) electrons. The summed E-state index contributed by atoms with van der Waals surface area (Å²) in [6.45, 7) is 7.17. The van der Waals surface area contributed by atoms with Crippen molar-refractivity contribution in [3.05, 3.63) is 0 Å². The summed E-state index contributed by atoms with van der Waals surface area (Å²) in [7, 11) is 0. The normalized spacial score (nSPS) is 15.3. The van der Waals surface area contributed by atoms with Gasteiger partial charge < -0.3 is 14.2 Å². The Morgan fingerprint density at radius 3 is 2.00 bits per heavy atom. The lowest BCUT2D eigenvalue weighted by molar-refractivity contribution is -0.141. The van der Waals surface area contributed by atoms with Gasteiger partial charge in [0.05, 0.1) is 33.0 Å². The molecular formula is C10H20O4. The Hall–Kier alpha value is -0.610. The third-order valence-corrected chi connectivity index (χ3v) is 1.55. The van der Waals surface area contributed by atoms with Crippen LogP contribution in [0.2, 0.25) is 0 Å². The minimum atomic E-state index is -0.182. The molecule has 0 amide bonds. The first-order valence-electron chi connectivity index (χ1n) is 5.06. The third-order valence-electron chi connectivity index (χ3n) is 1.55. The van der Waals surface area contributed by atoms with Gasteiger partial charge in [0.2, 0.25) is 0 Å². The molecule has 0 N–H and O–H groups in total. The van der Waals surface area contributed by atoms with Gasteiger partial charge in [-0.1, -0.05) is 13.3 Å². The molecule has 1 saturated heterocycles. The maximum absolute atomic E-state index is 10.1. The van der Waals surface area contributed by atoms with Gasteiger partial charge in [-0.05, 0) is 6.42 Å². The van der Waals surface area contributed by atoms with Crippen molar-refractivity contribution in [3.63, 3.8) is 0 Å². The molecule has 1 aliphatic heterocycles. The predicted molar refractivity (Wildman–Crippen MR) is 53.2 cm³/mol. The zero-order chi connectivity index (χ0) is 10.6. The van der Waals surface area contributed by atoms with Crippen molar-refractivity contribution in [3.8, 4) is 0 Å². The SMILES string of the molecule is C1COCCO1.CCCCOC(C)=O. The van der Waals surface area contributed by atoms with Crippen LogP contribution in [0.5, 0.6) is 0 Å². The molecule has 0 saturated carbocycles. The van der Waals surface area contributed by atoms with Crippen molar-refractivity contribution in [1.29, 1.82) is 0 Å². The lowest BCUT2D eigenvalue weighted by atomic mass is 10.4. The summed E-state index contributed by atoms with van der Waals surface area (Å²) in [6.07, 6.45) is 2.05. The third kappa shape index (κ3) is 11.4. The van der Waals surface area contributed by atoms with Crippen LogP contribution >= 0.6 is 0 Å². The van der Waals surface area contributed by atoms with Crippen LogP contribution in [-0.2, 0) is 19.0 Å². The van der Waals surface area contributed by atoms with E-state index >= 15 is 0 Å². The highest BCUT2D eigenvalue weighted by molar-refractivity contribution is 5.65. The molecule has 0 aromatic rings. The van der Waals surface area contributed by atoms with Crippen molar-refractivity contribution in [1.82, 2.24) is 0 Å². The van der Waals surface area contributed by atoms with Crippen LogP contribution in [0.4, 0.5) is 0 Å². The number of unbranched alkanes of at least 4 members (excludes halogenated alkanes) is 1. The number of hydrogen-bond donors (Lipinski definition) is 0. The van der Waals surface area contributed by atoms with E-state index in [1.165, 1.54) is 6.92 Å². The summed E-state index contributed by atoms with van der Waals surface area (Å²) in [5.74, 6) is -0.182. The standard InChI is InChI=1S/C6H12O2.C4H8O2/c1-3-4-5-8-6(2)7;1-2-6-4-3-5-1/h3-5H2,1-2H3;1-4H2. The average molecular weight is 204 g/mol. The molecule has 0 atom stereocenters. The quantitative estimate of drug-likeness (QED) is 0.514. The van der Waals surface area contributed by atoms with Gasteiger partial charge in [0.25, 0.3) is 0 Å². The number of carbonyl (C=O) groups is 1. The first-order chi connectivity index (χ1) is 6.77. The van der Waals surface area contributed by atoms with Crippen molar-refractivity contribution in [2.24, 2.45) is 0 Å². The zero-order valence-electron chi connectivity index (χ0n) is 9.08. The zero-order valence-corrected chi connectivity index (χ0v) is 9.08. The molecule has 1 rings (SSSR count). The van der Waals surface area contributed by atoms with Gasteiger partial charge in [0, 0.05) is 6.92 Å². The van der Waals surface area contributed by atoms with Crippen LogP contribution in [-0.4, -0.2) is 39.0 Å². The molecule has 1 fully saturated rings. The van der Waals surface area contributed by atoms with Crippen molar-refractivity contribution in [2.45, 2.75) is 26.7 Å². The summed E-state index contributed by atoms with van der Waals surface area (Å²) in [5.41, 5.74) is 0. The lowest BCUT2D eigenvalue weighted by Crippen LogP contribution is -2.16. The molecule has 4 heteroatoms. The minimum absolute atomic E-state index is 0.182. The van der Waals surface area contributed by atoms with Gasteiger partial charge in [-0.25, -0.2) is 0 Å². The number of ether oxygens (including phenoxy) is 3. The Labute approximate surface area is 85.5 Å². The summed E-state index contributed by atoms with van der Waals surface area (Å²) < 4.78 is 14.5. The molecule has 1 heterocycles. The largest absolute Gasteiger partial charge is 0.466 e. The molecule has 0 aromatic heterocycles. The Bertz CT molecular complexity index is 121. The molecule has 0 bridgehead atoms. The molecule has 4 nitrogen and oxygen atoms in total. The second-order valence-corrected chi connectivity index (χ2v) is 2.92. The monoisotopic (exact) mass is 204 g/mol. The van der Waals surface area contributed by atoms with E-state index in [4.69, 9.17) is 9.47 Å². The highest BCUT2D eigenvalue weighted by Crippen LogP contribution is 1.87. The molecule has 84 valence electrons. The second-order valence-electron chi connectivity index (χ2n) is 2.92. The summed E-state index contributed by atoms with van der Waals surface area (Å²) >= 11 is 0. The van der Waals surface area contributed by atoms with E-state index in [1.54, 1.807) is 0 Å². The number of hydrogen-bond acceptors (Lipinski definition) is 4. The second kappa shape index (κ2) is 10.5. The van der Waals surface area contributed by atoms with E-state index in [1.807, 2.05) is 0 Å². The molecule has 0 spiro atoms. The number of rotatable bonds is 3. The molecule has 14 heavy (non-hydrogen) atoms. The maximum atomic E-state index is 10.1. The van der Waals surface area contributed by atoms with E-state index < -0.39 is 0 Å². The van der Waals surface area contributed by atoms with Gasteiger partial charge in [0.1, 0.15) is 0 Å². The first-order valence-corrected chi connectivity index (χ1v) is 5.06. The van der Waals surface area contributed by atoms with Crippen molar-refractivity contribution < 1.29 is 19.0 Å². The van der Waals surface area contributed by atoms with Crippen molar-refractivity contribution >= 4 is 5.97 Å². The van der Waals surface area contributed by atoms with E-state index in [-0.39, 0.29) is 5.97 Å². The fourth-order valence-electron chi connectivity index (χ4n) is 0.800. The smallest absolute Gasteiger partial charge is 0.302 e. The topological polar surface area (TPSA) is 44.8 Å². The highest BCUT2D eigenvalue weighted by Gasteiger charge is 1.94. The molecule has 1 aliphatic rings. The average Bonchev–Trinajstić information content (AvgIpc) is 2.21. The summed E-state index contributed by atoms with van der Waals surface area (Å²) in [4.78, 5) is 10.1. The fraction of sp³-hybridized carbons (Fsp3) is 0.900. The van der Waals surface area contributed by atoms with Crippen LogP contribution in [0.15, 0.2) is 0 Å². The van der Waals surface area contributed by atoms with E-state index in [9.17, 15) is 4.79 Å². The van der Waals surface area contributed by atoms with Crippen LogP contribution in [0.1, 0.15) is 26.7 Å². The lowest BCUT2D eigenvalue weighted by Gasteiger charge is -2.09. The van der Waals surface area contributed by atoms with Crippen LogP contribution in [0.3, 0.4) is 0 Å². The highest BCUT2D eigenvalue weighted by atomic mass is 16.6. The molecular weight excluding hydrogens is 184 g/mol. The van der Waals surface area contributed by atoms with E-state index in [2.05, 4.69) is 11.7 Å². The van der Waals surface area contributed by atoms with Gasteiger partial charge in [-0.15, -0.1) is 0 Å². The van der Waals surface area contributed by atoms with Gasteiger partial charge in [-0.2, -0.15) is 0 Å². The van der Waals surface area contributed by atoms with Gasteiger partial charge in [-0.3, -0.25) is 4.79 Å². The van der Waals surface area contributed by atoms with Crippen LogP contribution < -0.4 is 0 Å². The van der Waals surface area contributed by atoms with E-state index in [0.717, 1.165) is 39.3 Å². The van der Waals surface area contributed by atoms with Gasteiger partial charge in [0.15, 0.2) is 0 Å². The minimum Gasteiger partial charge on any atom is -0.466 e. The number of carbonyl (C=O) groups excluding carboxylic acids is 1. The molecule has 0 aromatic carbocycles. The Balaban J connectivity index is 0.000000249. The Morgan fingerprint density at radius 1 is 1.21 bits per heavy atom. The predicted octanol–water partition coefficient (Wildman–Crippen LogP) is 1.38. The van der Waals surface area contributed by atoms with Crippen LogP contribution in [0.25, 0.3) is 0 Å². The van der Waals surface area contributed by atoms with Crippen molar-refractivity contribution in [2.75, 3.05) is 33.0 Å². The Morgan fingerprint density at radius 2 is 1.71 bits per heavy atom. The summed E-state index contributed by atoms with van der Waals surface area (Å²) in [5, 5.41) is 0. The van der Waals surface area contributed by atoms with E-state index in [0.29, 0.717) is 6.61 Å². The maximum Gasteiger partial charge on any atom is 0.302 e. The molecule has 0 unspecified atom stereocenters. The first kappa shape index (κ1) is 13.4. The van der Waals surface area contributed by atoms with Gasteiger partial charge >= 0.3 is 5.97 Å².